The van der Waals surface area contributed by atoms with Gasteiger partial charge in [-0.05, 0) is 41.7 Å². The number of carboxylic acids is 1. The fourth-order valence-electron chi connectivity index (χ4n) is 11.0. The zero-order valence-electron chi connectivity index (χ0n) is 74.2. The van der Waals surface area contributed by atoms with Gasteiger partial charge in [0, 0.05) is 347 Å². The van der Waals surface area contributed by atoms with E-state index in [0.29, 0.717) is 62.6 Å². The average Bonchev–Trinajstić information content (AvgIpc) is 0.817. The van der Waals surface area contributed by atoms with E-state index in [1.165, 1.54) is 49.8 Å². The van der Waals surface area contributed by atoms with Crippen molar-refractivity contribution in [2.24, 2.45) is 0 Å². The molecular weight excluding hydrogens is 1780 g/mol. The maximum absolute atomic E-state index is 11.4. The first kappa shape index (κ1) is 149. The Morgan fingerprint density at radius 2 is 0.636 bits per heavy atom. The molecular formula is C83H177BN17O17Y3-3. The van der Waals surface area contributed by atoms with Crippen molar-refractivity contribution in [3.05, 3.63) is 0 Å². The van der Waals surface area contributed by atoms with Gasteiger partial charge >= 0.3 is 13.2 Å². The van der Waals surface area contributed by atoms with Crippen molar-refractivity contribution in [3.63, 3.8) is 0 Å². The summed E-state index contributed by atoms with van der Waals surface area (Å²) in [6, 6.07) is 2.27. The number of ketones is 3. The zero-order chi connectivity index (χ0) is 85.9. The molecule has 12 rings (SSSR count). The Bertz CT molecular complexity index is 2550. The number of likely N-dealkylation sites (tertiary alicyclic amines) is 6. The zero-order valence-corrected chi connectivity index (χ0v) is 82.7. The number of nitrogens with one attached hydrogen (secondary N) is 3. The van der Waals surface area contributed by atoms with Crippen molar-refractivity contribution in [2.45, 2.75) is 233 Å². The number of amides is 8. The standard InChI is InChI=1S/C11H18N3O2.C10H16N3O2.C10H19N3O.C9H17N3O.C8H13NO3.C5H12N2.C5H7NO2.C3H5NO.C2H4O2.C2H3O.5C2H6.CH5BO2.7CH4.3Y/c1-2-11(16)14-7-10(8-14)13-5-3-12(9-15)4-6-13;1-9(15)13-6-10(7-13)12-4-2-11(8-14)3-5-12;1-9(14)13-7-10(8-13)12-5-3-11(2)4-6-12;1-8(13)12-6-9(7-12)11-4-2-10-3-5-11;1-8(2,3)12-7(11)9-4-6(10)5-9;1-7-4-2-6-3-5-7;1-4(7)6-2-5(8)3-6;5-3-1-4-2-3;1-2(3)4;1-2-3;5*1-2;1-2(3)4;;;;;;;;;;/h10H,2-8H2,1H3;10H,2-7H2,1H3;10H,3-8H2,1-2H3;9-10H,2-7H2,1H3;4-5H2,1-3H3;6H,2-5H2,1H3;2-3H2,1H3;4H,1-2H2;1H3,(H,3,4);1H3;5*1-2H3;3-4H,1H3;7*1H4;;;/q2*-1;;;;;;;;-1;;;;;;;;;;;;;;;;. The number of carbonyl (C=O) groups excluding carboxylic acids is 12. The van der Waals surface area contributed by atoms with E-state index in [9.17, 15) is 52.7 Å². The van der Waals surface area contributed by atoms with E-state index in [4.69, 9.17) is 29.5 Å². The number of carboxylic acid groups (broad SMARTS) is 1. The van der Waals surface area contributed by atoms with Crippen LogP contribution in [-0.4, -0.2) is 435 Å². The Kier molecular flexibility index (Phi) is 111. The average molecular weight is 1960 g/mol. The second-order valence-corrected chi connectivity index (χ2v) is 27.2. The Balaban J connectivity index is -0.0000000872. The summed E-state index contributed by atoms with van der Waals surface area (Å²) < 4.78 is 5.02. The molecule has 6 N–H and O–H groups in total. The second-order valence-electron chi connectivity index (χ2n) is 27.2. The molecule has 12 aliphatic rings. The van der Waals surface area contributed by atoms with Crippen LogP contribution in [0.2, 0.25) is 6.82 Å². The van der Waals surface area contributed by atoms with E-state index >= 15 is 0 Å². The summed E-state index contributed by atoms with van der Waals surface area (Å²) >= 11 is 0. The number of aliphatic carboxylic acids is 1. The van der Waals surface area contributed by atoms with Gasteiger partial charge in [0.2, 0.25) is 29.5 Å². The van der Waals surface area contributed by atoms with E-state index in [0.717, 1.165) is 177 Å². The molecule has 12 heterocycles. The molecule has 0 aromatic rings. The first-order valence-corrected chi connectivity index (χ1v) is 40.0. The van der Waals surface area contributed by atoms with Crippen molar-refractivity contribution in [2.75, 3.05) is 237 Å². The number of hydrogen-bond donors (Lipinski definition) is 6. The molecule has 12 fully saturated rings. The number of piperazine rings is 5. The number of likely N-dealkylation sites (N-methyl/N-ethyl adjacent to an activating group) is 2. The molecule has 0 spiro atoms. The minimum atomic E-state index is -1.17. The topological polar surface area (TPSA) is 373 Å². The normalized spacial score (nSPS) is 17.9. The maximum Gasteiger partial charge on any atom is 0.448 e. The van der Waals surface area contributed by atoms with Gasteiger partial charge in [-0.1, -0.05) is 128 Å². The van der Waals surface area contributed by atoms with Crippen LogP contribution >= 0.6 is 0 Å². The first-order chi connectivity index (χ1) is 52.6. The smallest absolute Gasteiger partial charge is 0.448 e. The third-order valence-corrected chi connectivity index (χ3v) is 17.6. The van der Waals surface area contributed by atoms with Crippen LogP contribution in [-0.2, 0) is 160 Å². The number of rotatable bonds is 7. The van der Waals surface area contributed by atoms with Gasteiger partial charge in [0.15, 0.2) is 17.3 Å². The van der Waals surface area contributed by atoms with Gasteiger partial charge in [-0.25, -0.2) is 4.79 Å². The van der Waals surface area contributed by atoms with Crippen LogP contribution in [0.25, 0.3) is 0 Å². The third kappa shape index (κ3) is 70.3. The largest absolute Gasteiger partial charge is 0.542 e. The van der Waals surface area contributed by atoms with Crippen LogP contribution in [0.15, 0.2) is 0 Å². The van der Waals surface area contributed by atoms with E-state index < -0.39 is 24.8 Å². The van der Waals surface area contributed by atoms with Gasteiger partial charge in [0.1, 0.15) is 5.60 Å². The van der Waals surface area contributed by atoms with Crippen molar-refractivity contribution in [1.82, 2.24) is 84.5 Å². The van der Waals surface area contributed by atoms with Crippen molar-refractivity contribution in [1.29, 1.82) is 0 Å². The molecule has 12 aliphatic heterocycles. The fourth-order valence-corrected chi connectivity index (χ4v) is 11.0. The van der Waals surface area contributed by atoms with E-state index in [1.54, 1.807) is 51.3 Å². The molecule has 0 aliphatic carbocycles. The van der Waals surface area contributed by atoms with Crippen LogP contribution < -0.4 is 16.0 Å². The predicted octanol–water partition coefficient (Wildman–Crippen LogP) is 4.56. The van der Waals surface area contributed by atoms with E-state index in [2.05, 4.69) is 59.4 Å². The molecule has 121 heavy (non-hydrogen) atoms. The molecule has 0 unspecified atom stereocenters. The van der Waals surface area contributed by atoms with Crippen LogP contribution in [0.4, 0.5) is 4.79 Å². The summed E-state index contributed by atoms with van der Waals surface area (Å²) in [6.45, 7) is 67.3. The van der Waals surface area contributed by atoms with Crippen LogP contribution in [0.3, 0.4) is 0 Å². The van der Waals surface area contributed by atoms with Crippen molar-refractivity contribution < 1.29 is 180 Å². The number of carbonyl (C=O) groups is 10. The predicted molar refractivity (Wildman–Crippen MR) is 483 cm³/mol. The number of Topliss-reactive ketones (excluding diaryl/α,β-unsaturated/α-hetero) is 3. The van der Waals surface area contributed by atoms with Crippen molar-refractivity contribution in [3.8, 4) is 0 Å². The molecule has 34 nitrogen and oxygen atoms in total. The first-order valence-electron chi connectivity index (χ1n) is 40.0. The van der Waals surface area contributed by atoms with Gasteiger partial charge in [0.25, 0.3) is 5.97 Å². The molecule has 38 heteroatoms. The number of hydrogen-bond acceptors (Lipinski definition) is 25. The van der Waals surface area contributed by atoms with Gasteiger partial charge in [0.05, 0.1) is 39.3 Å². The van der Waals surface area contributed by atoms with E-state index in [1.807, 2.05) is 109 Å². The molecule has 0 bridgehead atoms. The maximum atomic E-state index is 11.4. The third-order valence-electron chi connectivity index (χ3n) is 17.6. The molecule has 711 valence electrons. The summed E-state index contributed by atoms with van der Waals surface area (Å²) in [4.78, 5) is 163. The van der Waals surface area contributed by atoms with Gasteiger partial charge < -0.3 is 94.3 Å². The summed E-state index contributed by atoms with van der Waals surface area (Å²) in [7, 11) is 3.15. The minimum Gasteiger partial charge on any atom is -0.542 e. The van der Waals surface area contributed by atoms with Gasteiger partial charge in [-0.15, -0.1) is 0 Å². The summed E-state index contributed by atoms with van der Waals surface area (Å²) in [6.07, 6.45) is 5.54. The molecule has 3 radical (unpaired) electrons. The summed E-state index contributed by atoms with van der Waals surface area (Å²) in [5, 5.41) is 32.1. The Hall–Kier alpha value is -3.35. The van der Waals surface area contributed by atoms with Crippen LogP contribution in [0.5, 0.6) is 0 Å². The monoisotopic (exact) mass is 1960 g/mol. The number of nitrogens with zero attached hydrogens (tertiary/aromatic N) is 14. The van der Waals surface area contributed by atoms with Gasteiger partial charge in [-0.3, -0.25) is 73.9 Å². The fraction of sp³-hybridized carbons (Fsp3) is 0.843. The summed E-state index contributed by atoms with van der Waals surface area (Å²) in [5.74, 6) is 0.555. The minimum absolute atomic E-state index is 0. The van der Waals surface area contributed by atoms with Crippen molar-refractivity contribution >= 4 is 85.2 Å². The molecule has 0 saturated carbocycles. The Morgan fingerprint density at radius 3 is 0.826 bits per heavy atom. The van der Waals surface area contributed by atoms with Gasteiger partial charge in [-0.2, -0.15) is 19.7 Å². The molecule has 8 amide bonds. The molecule has 12 saturated heterocycles. The molecule has 0 aromatic carbocycles. The van der Waals surface area contributed by atoms with Crippen LogP contribution in [0, 0.1) is 0 Å². The molecule has 0 atom stereocenters. The van der Waals surface area contributed by atoms with Crippen LogP contribution in [0.1, 0.15) is 197 Å². The summed E-state index contributed by atoms with van der Waals surface area (Å²) in [5.41, 5.74) is -0.476. The SMILES string of the molecule is C.C.C.C.C.C.C.CB(O)O.CC.CC.CC.CC.CC.CC(=O)N1CC(=O)C1.CC(=O)N1CC(N2CCN(C)CC2)C1.CC(=O)N1CC(N2CCN([C-]=O)CC2)C1.CC(=O)N1CC(N2CCNCC2)C1.CC(=O)O.CC(C)(C)OC(=O)N1CC(=O)C1.CCC(=O)N1CC(N2CCN([C-]=O)CC2)C1.CN1CCNCC1.C[C-]=O.O=C1CNC1.[Y].[Y].[Y]. The number of ether oxygens (including phenoxy) is 1. The Morgan fingerprint density at radius 1 is 0.413 bits per heavy atom. The second kappa shape index (κ2) is 90.0. The molecule has 0 aromatic heterocycles. The van der Waals surface area contributed by atoms with E-state index in [-0.39, 0.29) is 204 Å². The Labute approximate surface area is 813 Å². The quantitative estimate of drug-likeness (QED) is 0.150.